The number of allylic oxidation sites excluding steroid dienone is 1. The molecule has 0 aromatic carbocycles. The second-order valence-electron chi connectivity index (χ2n) is 5.13. The fourth-order valence-electron chi connectivity index (χ4n) is 1.13. The van der Waals surface area contributed by atoms with Gasteiger partial charge in [0, 0.05) is 0 Å². The molecular formula is C13H22. The normalized spacial score (nSPS) is 20.7. The Balaban J connectivity index is 2.28. The highest BCUT2D eigenvalue weighted by molar-refractivity contribution is 5.06. The molecule has 0 aliphatic heterocycles. The molecule has 1 saturated carbocycles. The van der Waals surface area contributed by atoms with Crippen LogP contribution in [-0.2, 0) is 0 Å². The predicted octanol–water partition coefficient (Wildman–Crippen LogP) is 4.18. The van der Waals surface area contributed by atoms with E-state index in [-0.39, 0.29) is 0 Å². The molecule has 1 rings (SSSR count). The van der Waals surface area contributed by atoms with Crippen molar-refractivity contribution in [2.45, 2.75) is 47.0 Å². The second kappa shape index (κ2) is 4.15. The van der Waals surface area contributed by atoms with Crippen LogP contribution in [0.2, 0.25) is 0 Å². The molecule has 1 aliphatic rings. The third-order valence-electron chi connectivity index (χ3n) is 3.22. The molecule has 13 heavy (non-hydrogen) atoms. The Labute approximate surface area is 82.7 Å². The lowest BCUT2D eigenvalue weighted by atomic mass is 9.95. The van der Waals surface area contributed by atoms with Crippen molar-refractivity contribution in [3.63, 3.8) is 0 Å². The molecule has 0 aromatic rings. The van der Waals surface area contributed by atoms with Crippen LogP contribution in [-0.4, -0.2) is 0 Å². The van der Waals surface area contributed by atoms with Crippen molar-refractivity contribution < 1.29 is 0 Å². The van der Waals surface area contributed by atoms with E-state index in [1.165, 1.54) is 19.3 Å². The Bertz CT molecular complexity index is 212. The zero-order valence-electron chi connectivity index (χ0n) is 9.43. The first-order valence-corrected chi connectivity index (χ1v) is 5.46. The van der Waals surface area contributed by atoms with Gasteiger partial charge >= 0.3 is 0 Å². The van der Waals surface area contributed by atoms with E-state index in [9.17, 15) is 0 Å². The Morgan fingerprint density at radius 1 is 1.31 bits per heavy atom. The van der Waals surface area contributed by atoms with E-state index in [1.807, 2.05) is 0 Å². The van der Waals surface area contributed by atoms with E-state index in [0.29, 0.717) is 5.41 Å². The Morgan fingerprint density at radius 2 is 1.92 bits per heavy atom. The molecule has 0 bridgehead atoms. The predicted molar refractivity (Wildman–Crippen MR) is 58.6 cm³/mol. The summed E-state index contributed by atoms with van der Waals surface area (Å²) in [6.45, 7) is 9.18. The van der Waals surface area contributed by atoms with Gasteiger partial charge in [-0.25, -0.2) is 0 Å². The smallest absolute Gasteiger partial charge is 0.00702 e. The van der Waals surface area contributed by atoms with Crippen LogP contribution < -0.4 is 0 Å². The Hall–Kier alpha value is -0.480. The molecular weight excluding hydrogens is 156 g/mol. The van der Waals surface area contributed by atoms with Crippen LogP contribution in [0, 0.1) is 17.3 Å². The van der Waals surface area contributed by atoms with Crippen LogP contribution in [0.15, 0.2) is 17.9 Å². The molecule has 0 aromatic heterocycles. The SMILES string of the molecule is CC(C)C(C)CC=C=CC1(C)CC1. The maximum atomic E-state index is 3.32. The highest BCUT2D eigenvalue weighted by Gasteiger charge is 2.33. The van der Waals surface area contributed by atoms with Crippen LogP contribution in [0.25, 0.3) is 0 Å². The summed E-state index contributed by atoms with van der Waals surface area (Å²) in [7, 11) is 0. The van der Waals surface area contributed by atoms with Gasteiger partial charge in [0.1, 0.15) is 0 Å². The summed E-state index contributed by atoms with van der Waals surface area (Å²) in [4.78, 5) is 0. The lowest BCUT2D eigenvalue weighted by Gasteiger charge is -2.11. The van der Waals surface area contributed by atoms with Gasteiger partial charge in [0.25, 0.3) is 0 Å². The second-order valence-corrected chi connectivity index (χ2v) is 5.13. The third-order valence-corrected chi connectivity index (χ3v) is 3.22. The zero-order valence-corrected chi connectivity index (χ0v) is 9.43. The number of hydrogen-bond acceptors (Lipinski definition) is 0. The summed E-state index contributed by atoms with van der Waals surface area (Å²) in [6, 6.07) is 0. The summed E-state index contributed by atoms with van der Waals surface area (Å²) in [5.41, 5.74) is 3.84. The van der Waals surface area contributed by atoms with E-state index < -0.39 is 0 Å². The molecule has 0 N–H and O–H groups in total. The first kappa shape index (κ1) is 10.6. The van der Waals surface area contributed by atoms with Crippen LogP contribution in [0.5, 0.6) is 0 Å². The van der Waals surface area contributed by atoms with E-state index >= 15 is 0 Å². The van der Waals surface area contributed by atoms with Gasteiger partial charge in [0.15, 0.2) is 0 Å². The molecule has 1 atom stereocenters. The molecule has 74 valence electrons. The van der Waals surface area contributed by atoms with Crippen molar-refractivity contribution in [3.8, 4) is 0 Å². The fourth-order valence-corrected chi connectivity index (χ4v) is 1.13. The van der Waals surface area contributed by atoms with E-state index in [0.717, 1.165) is 11.8 Å². The molecule has 1 aliphatic carbocycles. The molecule has 1 fully saturated rings. The number of hydrogen-bond donors (Lipinski definition) is 0. The minimum Gasteiger partial charge on any atom is -0.129 e. The molecule has 0 amide bonds. The molecule has 0 heteroatoms. The first-order valence-electron chi connectivity index (χ1n) is 5.46. The van der Waals surface area contributed by atoms with Crippen molar-refractivity contribution in [3.05, 3.63) is 17.9 Å². The summed E-state index contributed by atoms with van der Waals surface area (Å²) in [6.07, 6.45) is 8.33. The number of rotatable bonds is 4. The van der Waals surface area contributed by atoms with E-state index in [1.54, 1.807) is 0 Å². The Kier molecular flexibility index (Phi) is 3.39. The maximum absolute atomic E-state index is 3.32. The summed E-state index contributed by atoms with van der Waals surface area (Å²) in [5, 5.41) is 0. The maximum Gasteiger partial charge on any atom is -0.00702 e. The molecule has 0 heterocycles. The lowest BCUT2D eigenvalue weighted by Crippen LogP contribution is -2.01. The molecule has 0 spiro atoms. The van der Waals surface area contributed by atoms with Crippen LogP contribution in [0.4, 0.5) is 0 Å². The van der Waals surface area contributed by atoms with Gasteiger partial charge in [-0.05, 0) is 48.7 Å². The van der Waals surface area contributed by atoms with Crippen molar-refractivity contribution in [1.29, 1.82) is 0 Å². The summed E-state index contributed by atoms with van der Waals surface area (Å²) >= 11 is 0. The van der Waals surface area contributed by atoms with Crippen LogP contribution >= 0.6 is 0 Å². The lowest BCUT2D eigenvalue weighted by molar-refractivity contribution is 0.424. The van der Waals surface area contributed by atoms with Gasteiger partial charge in [0.2, 0.25) is 0 Å². The first-order chi connectivity index (χ1) is 6.03. The van der Waals surface area contributed by atoms with Crippen LogP contribution in [0.1, 0.15) is 47.0 Å². The highest BCUT2D eigenvalue weighted by Crippen LogP contribution is 2.45. The summed E-state index contributed by atoms with van der Waals surface area (Å²) < 4.78 is 0. The molecule has 0 nitrogen and oxygen atoms in total. The largest absolute Gasteiger partial charge is 0.129 e. The average molecular weight is 178 g/mol. The quantitative estimate of drug-likeness (QED) is 0.566. The van der Waals surface area contributed by atoms with Gasteiger partial charge in [-0.1, -0.05) is 27.7 Å². The van der Waals surface area contributed by atoms with Crippen molar-refractivity contribution in [2.75, 3.05) is 0 Å². The van der Waals surface area contributed by atoms with Crippen LogP contribution in [0.3, 0.4) is 0 Å². The van der Waals surface area contributed by atoms with Crippen molar-refractivity contribution in [1.82, 2.24) is 0 Å². The molecule has 0 radical (unpaired) electrons. The fraction of sp³-hybridized carbons (Fsp3) is 0.769. The van der Waals surface area contributed by atoms with E-state index in [4.69, 9.17) is 0 Å². The standard InChI is InChI=1S/C13H22/c1-11(2)12(3)7-5-6-8-13(4)9-10-13/h5,8,11-12H,7,9-10H2,1-4H3. The topological polar surface area (TPSA) is 0 Å². The summed E-state index contributed by atoms with van der Waals surface area (Å²) in [5.74, 6) is 1.57. The van der Waals surface area contributed by atoms with Gasteiger partial charge in [-0.2, -0.15) is 0 Å². The van der Waals surface area contributed by atoms with E-state index in [2.05, 4.69) is 45.6 Å². The third kappa shape index (κ3) is 3.83. The average Bonchev–Trinajstić information content (AvgIpc) is 2.78. The minimum atomic E-state index is 0.511. The van der Waals surface area contributed by atoms with Gasteiger partial charge in [-0.3, -0.25) is 0 Å². The zero-order chi connectivity index (χ0) is 9.90. The van der Waals surface area contributed by atoms with Crippen molar-refractivity contribution in [2.24, 2.45) is 17.3 Å². The molecule has 1 unspecified atom stereocenters. The minimum absolute atomic E-state index is 0.511. The molecule has 0 saturated heterocycles. The van der Waals surface area contributed by atoms with Crippen molar-refractivity contribution >= 4 is 0 Å². The van der Waals surface area contributed by atoms with Gasteiger partial charge in [0.05, 0.1) is 0 Å². The van der Waals surface area contributed by atoms with Gasteiger partial charge < -0.3 is 0 Å². The highest BCUT2D eigenvalue weighted by atomic mass is 14.4. The Morgan fingerprint density at radius 3 is 2.38 bits per heavy atom. The monoisotopic (exact) mass is 178 g/mol. The van der Waals surface area contributed by atoms with Gasteiger partial charge in [-0.15, -0.1) is 5.73 Å².